The molecule has 1 aliphatic heterocycles. The standard InChI is InChI=1S/C12H21N5/c1-8(2)4-9-5-11(16-12(13)15-9)17-6-10(7-17)14-3/h5,8,10,14H,4,6-7H2,1-3H3,(H2,13,15,16). The first-order valence-corrected chi connectivity index (χ1v) is 6.14. The first kappa shape index (κ1) is 12.1. The van der Waals surface area contributed by atoms with Gasteiger partial charge in [0, 0.05) is 30.9 Å². The highest BCUT2D eigenvalue weighted by molar-refractivity contribution is 5.46. The zero-order valence-corrected chi connectivity index (χ0v) is 10.8. The van der Waals surface area contributed by atoms with E-state index in [1.54, 1.807) is 0 Å². The zero-order valence-electron chi connectivity index (χ0n) is 10.8. The van der Waals surface area contributed by atoms with Crippen LogP contribution in [0.25, 0.3) is 0 Å². The van der Waals surface area contributed by atoms with E-state index < -0.39 is 0 Å². The van der Waals surface area contributed by atoms with Crippen LogP contribution in [0.4, 0.5) is 11.8 Å². The molecule has 1 fully saturated rings. The van der Waals surface area contributed by atoms with Crippen LogP contribution in [0.2, 0.25) is 0 Å². The quantitative estimate of drug-likeness (QED) is 0.802. The van der Waals surface area contributed by atoms with Gasteiger partial charge in [-0.2, -0.15) is 4.98 Å². The number of hydrogen-bond acceptors (Lipinski definition) is 5. The summed E-state index contributed by atoms with van der Waals surface area (Å²) in [5.41, 5.74) is 6.79. The van der Waals surface area contributed by atoms with Crippen molar-refractivity contribution in [2.75, 3.05) is 30.8 Å². The van der Waals surface area contributed by atoms with Crippen molar-refractivity contribution in [3.05, 3.63) is 11.8 Å². The molecule has 0 unspecified atom stereocenters. The van der Waals surface area contributed by atoms with Crippen molar-refractivity contribution >= 4 is 11.8 Å². The Hall–Kier alpha value is -1.36. The first-order valence-electron chi connectivity index (χ1n) is 6.14. The van der Waals surface area contributed by atoms with Crippen molar-refractivity contribution in [3.63, 3.8) is 0 Å². The summed E-state index contributed by atoms with van der Waals surface area (Å²) < 4.78 is 0. The van der Waals surface area contributed by atoms with Gasteiger partial charge in [0.15, 0.2) is 0 Å². The molecular weight excluding hydrogens is 214 g/mol. The molecule has 0 saturated carbocycles. The van der Waals surface area contributed by atoms with E-state index in [0.29, 0.717) is 17.9 Å². The van der Waals surface area contributed by atoms with Crippen molar-refractivity contribution in [2.24, 2.45) is 5.92 Å². The summed E-state index contributed by atoms with van der Waals surface area (Å²) in [4.78, 5) is 10.8. The molecule has 1 saturated heterocycles. The molecule has 0 aromatic carbocycles. The van der Waals surface area contributed by atoms with Crippen LogP contribution in [-0.2, 0) is 6.42 Å². The van der Waals surface area contributed by atoms with Crippen LogP contribution in [0, 0.1) is 5.92 Å². The number of likely N-dealkylation sites (N-methyl/N-ethyl adjacent to an activating group) is 1. The third-order valence-electron chi connectivity index (χ3n) is 3.01. The molecule has 2 heterocycles. The molecule has 0 atom stereocenters. The highest BCUT2D eigenvalue weighted by Crippen LogP contribution is 2.21. The summed E-state index contributed by atoms with van der Waals surface area (Å²) in [5.74, 6) is 1.92. The van der Waals surface area contributed by atoms with E-state index in [2.05, 4.69) is 40.1 Å². The molecule has 0 radical (unpaired) electrons. The third-order valence-corrected chi connectivity index (χ3v) is 3.01. The lowest BCUT2D eigenvalue weighted by atomic mass is 10.1. The number of rotatable bonds is 4. The summed E-state index contributed by atoms with van der Waals surface area (Å²) >= 11 is 0. The van der Waals surface area contributed by atoms with E-state index in [0.717, 1.165) is 31.0 Å². The Morgan fingerprint density at radius 2 is 2.18 bits per heavy atom. The van der Waals surface area contributed by atoms with Crippen LogP contribution in [0.1, 0.15) is 19.5 Å². The molecule has 5 heteroatoms. The molecule has 1 aromatic heterocycles. The molecule has 1 aromatic rings. The van der Waals surface area contributed by atoms with E-state index in [1.165, 1.54) is 0 Å². The van der Waals surface area contributed by atoms with Crippen LogP contribution >= 0.6 is 0 Å². The van der Waals surface area contributed by atoms with Crippen LogP contribution in [0.15, 0.2) is 6.07 Å². The average molecular weight is 235 g/mol. The highest BCUT2D eigenvalue weighted by Gasteiger charge is 2.26. The predicted octanol–water partition coefficient (Wildman–Crippen LogP) is 0.665. The van der Waals surface area contributed by atoms with Gasteiger partial charge in [-0.05, 0) is 19.4 Å². The second-order valence-corrected chi connectivity index (χ2v) is 5.06. The van der Waals surface area contributed by atoms with Crippen LogP contribution in [-0.4, -0.2) is 36.1 Å². The van der Waals surface area contributed by atoms with E-state index >= 15 is 0 Å². The Bertz CT molecular complexity index is 384. The average Bonchev–Trinajstić information content (AvgIpc) is 2.13. The largest absolute Gasteiger partial charge is 0.368 e. The summed E-state index contributed by atoms with van der Waals surface area (Å²) in [6.07, 6.45) is 0.947. The van der Waals surface area contributed by atoms with Crippen LogP contribution in [0.3, 0.4) is 0 Å². The topological polar surface area (TPSA) is 67.1 Å². The van der Waals surface area contributed by atoms with Gasteiger partial charge in [-0.3, -0.25) is 0 Å². The lowest BCUT2D eigenvalue weighted by Crippen LogP contribution is -2.57. The Kier molecular flexibility index (Phi) is 3.47. The van der Waals surface area contributed by atoms with Crippen molar-refractivity contribution in [1.82, 2.24) is 15.3 Å². The van der Waals surface area contributed by atoms with Crippen molar-refractivity contribution in [1.29, 1.82) is 0 Å². The summed E-state index contributed by atoms with van der Waals surface area (Å²) in [6, 6.07) is 2.63. The van der Waals surface area contributed by atoms with E-state index in [1.807, 2.05) is 7.05 Å². The minimum Gasteiger partial charge on any atom is -0.368 e. The summed E-state index contributed by atoms with van der Waals surface area (Å²) in [5, 5.41) is 3.25. The maximum atomic E-state index is 5.75. The summed E-state index contributed by atoms with van der Waals surface area (Å²) in [6.45, 7) is 6.35. The zero-order chi connectivity index (χ0) is 12.4. The minimum absolute atomic E-state index is 0.381. The first-order chi connectivity index (χ1) is 8.08. The minimum atomic E-state index is 0.381. The normalized spacial score (nSPS) is 16.4. The molecule has 3 N–H and O–H groups in total. The number of nitrogens with one attached hydrogen (secondary N) is 1. The second kappa shape index (κ2) is 4.87. The van der Waals surface area contributed by atoms with Crippen molar-refractivity contribution in [3.8, 4) is 0 Å². The fourth-order valence-corrected chi connectivity index (χ4v) is 2.04. The van der Waals surface area contributed by atoms with E-state index in [-0.39, 0.29) is 0 Å². The van der Waals surface area contributed by atoms with Gasteiger partial charge in [0.1, 0.15) is 5.82 Å². The Labute approximate surface area is 102 Å². The molecule has 5 nitrogen and oxygen atoms in total. The van der Waals surface area contributed by atoms with Crippen LogP contribution < -0.4 is 16.0 Å². The van der Waals surface area contributed by atoms with Gasteiger partial charge in [0.2, 0.25) is 5.95 Å². The number of nitrogen functional groups attached to an aromatic ring is 1. The van der Waals surface area contributed by atoms with Crippen molar-refractivity contribution < 1.29 is 0 Å². The van der Waals surface area contributed by atoms with Crippen molar-refractivity contribution in [2.45, 2.75) is 26.3 Å². The summed E-state index contributed by atoms with van der Waals surface area (Å²) in [7, 11) is 1.99. The molecule has 0 spiro atoms. The number of nitrogens with two attached hydrogens (primary N) is 1. The molecule has 0 aliphatic carbocycles. The molecule has 1 aliphatic rings. The Morgan fingerprint density at radius 3 is 2.76 bits per heavy atom. The van der Waals surface area contributed by atoms with Gasteiger partial charge in [0.05, 0.1) is 0 Å². The second-order valence-electron chi connectivity index (χ2n) is 5.06. The number of nitrogens with zero attached hydrogens (tertiary/aromatic N) is 3. The van der Waals surface area contributed by atoms with Gasteiger partial charge >= 0.3 is 0 Å². The van der Waals surface area contributed by atoms with E-state index in [9.17, 15) is 0 Å². The highest BCUT2D eigenvalue weighted by atomic mass is 15.3. The monoisotopic (exact) mass is 235 g/mol. The number of anilines is 2. The molecular formula is C12H21N5. The fraction of sp³-hybridized carbons (Fsp3) is 0.667. The molecule has 0 amide bonds. The SMILES string of the molecule is CNC1CN(c2cc(CC(C)C)nc(N)n2)C1. The van der Waals surface area contributed by atoms with Crippen LogP contribution in [0.5, 0.6) is 0 Å². The van der Waals surface area contributed by atoms with Gasteiger partial charge < -0.3 is 16.0 Å². The Balaban J connectivity index is 2.10. The number of hydrogen-bond donors (Lipinski definition) is 2. The fourth-order valence-electron chi connectivity index (χ4n) is 2.04. The lowest BCUT2D eigenvalue weighted by molar-refractivity contribution is 0.447. The van der Waals surface area contributed by atoms with Gasteiger partial charge in [-0.1, -0.05) is 13.8 Å². The molecule has 2 rings (SSSR count). The Morgan fingerprint density at radius 1 is 1.47 bits per heavy atom. The maximum absolute atomic E-state index is 5.75. The molecule has 94 valence electrons. The van der Waals surface area contributed by atoms with E-state index in [4.69, 9.17) is 5.73 Å². The molecule has 17 heavy (non-hydrogen) atoms. The molecule has 0 bridgehead atoms. The smallest absolute Gasteiger partial charge is 0.222 e. The predicted molar refractivity (Wildman–Crippen MR) is 70.0 cm³/mol. The van der Waals surface area contributed by atoms with Gasteiger partial charge in [-0.25, -0.2) is 4.98 Å². The van der Waals surface area contributed by atoms with Gasteiger partial charge in [-0.15, -0.1) is 0 Å². The third kappa shape index (κ3) is 2.85. The van der Waals surface area contributed by atoms with Gasteiger partial charge in [0.25, 0.3) is 0 Å². The maximum Gasteiger partial charge on any atom is 0.222 e. The lowest BCUT2D eigenvalue weighted by Gasteiger charge is -2.40. The number of aromatic nitrogens is 2.